The molecule has 1 saturated carbocycles. The maximum atomic E-state index is 12.3. The summed E-state index contributed by atoms with van der Waals surface area (Å²) in [6, 6.07) is 6.75. The van der Waals surface area contributed by atoms with Crippen LogP contribution in [0.1, 0.15) is 57.9 Å². The molecule has 1 amide bonds. The number of ether oxygens (including phenoxy) is 1. The van der Waals surface area contributed by atoms with Gasteiger partial charge < -0.3 is 10.1 Å². The van der Waals surface area contributed by atoms with E-state index in [9.17, 15) is 18.0 Å². The van der Waals surface area contributed by atoms with Crippen LogP contribution in [0.3, 0.4) is 0 Å². The Bertz CT molecular complexity index is 928. The van der Waals surface area contributed by atoms with Crippen LogP contribution in [0, 0.1) is 5.92 Å². The predicted octanol–water partition coefficient (Wildman–Crippen LogP) is 2.13. The zero-order valence-electron chi connectivity index (χ0n) is 17.4. The molecule has 1 aliphatic carbocycles. The van der Waals surface area contributed by atoms with Crippen LogP contribution in [0.25, 0.3) is 0 Å². The molecule has 8 nitrogen and oxygen atoms in total. The third-order valence-electron chi connectivity index (χ3n) is 5.59. The number of aliphatic imine (C=N–C) groups is 1. The van der Waals surface area contributed by atoms with Crippen molar-refractivity contribution in [2.75, 3.05) is 6.54 Å². The Hall–Kier alpha value is -2.42. The Labute approximate surface area is 177 Å². The van der Waals surface area contributed by atoms with E-state index in [0.29, 0.717) is 17.9 Å². The largest absolute Gasteiger partial charge is 0.453 e. The average Bonchev–Trinajstić information content (AvgIpc) is 2.97. The monoisotopic (exact) mass is 435 g/mol. The van der Waals surface area contributed by atoms with Crippen molar-refractivity contribution in [3.05, 3.63) is 29.8 Å². The maximum absolute atomic E-state index is 12.3. The van der Waals surface area contributed by atoms with Crippen molar-refractivity contribution in [3.63, 3.8) is 0 Å². The standard InChI is InChI=1S/C21H29N3O5S/c1-14-8-3-5-10-17(14)23-21(26)15(2)29-19(25)12-7-13-22-20-16-9-4-6-11-18(16)30(27,28)24-20/h4,6,9,11,14-15,17H,3,5,7-8,10,12-13H2,1-2H3,(H,22,24)(H,23,26)/t14-,15+,17+/m0/s1. The summed E-state index contributed by atoms with van der Waals surface area (Å²) in [7, 11) is -3.57. The molecule has 0 radical (unpaired) electrons. The van der Waals surface area contributed by atoms with E-state index in [1.165, 1.54) is 12.5 Å². The summed E-state index contributed by atoms with van der Waals surface area (Å²) in [6.45, 7) is 3.97. The molecule has 1 heterocycles. The second-order valence-electron chi connectivity index (χ2n) is 7.94. The Morgan fingerprint density at radius 3 is 2.77 bits per heavy atom. The van der Waals surface area contributed by atoms with E-state index in [0.717, 1.165) is 19.3 Å². The van der Waals surface area contributed by atoms with E-state index in [1.54, 1.807) is 25.1 Å². The minimum atomic E-state index is -3.57. The summed E-state index contributed by atoms with van der Waals surface area (Å²) in [5.41, 5.74) is 0.530. The van der Waals surface area contributed by atoms with Crippen molar-refractivity contribution in [1.82, 2.24) is 10.0 Å². The van der Waals surface area contributed by atoms with Gasteiger partial charge in [0.1, 0.15) is 5.84 Å². The number of benzene rings is 1. The lowest BCUT2D eigenvalue weighted by molar-refractivity contribution is -0.155. The molecule has 30 heavy (non-hydrogen) atoms. The Kier molecular flexibility index (Phi) is 7.12. The molecule has 1 aromatic rings. The molecule has 3 atom stereocenters. The van der Waals surface area contributed by atoms with Crippen LogP contribution in [0.5, 0.6) is 0 Å². The highest BCUT2D eigenvalue weighted by Crippen LogP contribution is 2.24. The van der Waals surface area contributed by atoms with Gasteiger partial charge in [-0.15, -0.1) is 0 Å². The van der Waals surface area contributed by atoms with Crippen molar-refractivity contribution in [2.24, 2.45) is 10.9 Å². The minimum absolute atomic E-state index is 0.0998. The third-order valence-corrected chi connectivity index (χ3v) is 6.99. The Morgan fingerprint density at radius 2 is 2.00 bits per heavy atom. The van der Waals surface area contributed by atoms with E-state index in [1.807, 2.05) is 0 Å². The number of esters is 1. The number of rotatable bonds is 7. The zero-order chi connectivity index (χ0) is 21.7. The second-order valence-corrected chi connectivity index (χ2v) is 9.60. The molecular formula is C21H29N3O5S. The first-order valence-corrected chi connectivity index (χ1v) is 11.9. The van der Waals surface area contributed by atoms with Crippen molar-refractivity contribution >= 4 is 27.7 Å². The van der Waals surface area contributed by atoms with Gasteiger partial charge in [-0.1, -0.05) is 31.9 Å². The first-order chi connectivity index (χ1) is 14.3. The third kappa shape index (κ3) is 5.38. The van der Waals surface area contributed by atoms with E-state index in [2.05, 4.69) is 22.0 Å². The van der Waals surface area contributed by atoms with Gasteiger partial charge in [0.2, 0.25) is 0 Å². The van der Waals surface area contributed by atoms with E-state index >= 15 is 0 Å². The lowest BCUT2D eigenvalue weighted by atomic mass is 9.86. The van der Waals surface area contributed by atoms with Crippen molar-refractivity contribution in [2.45, 2.75) is 69.4 Å². The number of hydrogen-bond acceptors (Lipinski definition) is 6. The minimum Gasteiger partial charge on any atom is -0.453 e. The van der Waals surface area contributed by atoms with Gasteiger partial charge in [0.15, 0.2) is 6.10 Å². The van der Waals surface area contributed by atoms with Crippen LogP contribution in [0.2, 0.25) is 0 Å². The molecule has 2 N–H and O–H groups in total. The van der Waals surface area contributed by atoms with Crippen molar-refractivity contribution in [3.8, 4) is 0 Å². The highest BCUT2D eigenvalue weighted by molar-refractivity contribution is 7.90. The van der Waals surface area contributed by atoms with Gasteiger partial charge in [0.05, 0.1) is 4.90 Å². The summed E-state index contributed by atoms with van der Waals surface area (Å²) in [5, 5.41) is 2.99. The lowest BCUT2D eigenvalue weighted by Gasteiger charge is -2.30. The van der Waals surface area contributed by atoms with Gasteiger partial charge >= 0.3 is 5.97 Å². The average molecular weight is 436 g/mol. The fourth-order valence-corrected chi connectivity index (χ4v) is 5.06. The molecule has 3 rings (SSSR count). The van der Waals surface area contributed by atoms with Gasteiger partial charge in [-0.05, 0) is 44.2 Å². The van der Waals surface area contributed by atoms with E-state index < -0.39 is 22.1 Å². The highest BCUT2D eigenvalue weighted by Gasteiger charge is 2.30. The molecule has 1 aliphatic heterocycles. The molecule has 1 fully saturated rings. The lowest BCUT2D eigenvalue weighted by Crippen LogP contribution is -2.45. The molecule has 0 aromatic heterocycles. The predicted molar refractivity (Wildman–Crippen MR) is 113 cm³/mol. The molecule has 1 aromatic carbocycles. The SMILES string of the molecule is C[C@@H](OC(=O)CCCN=C1NS(=O)(=O)c2ccccc21)C(=O)N[C@@H]1CCCC[C@@H]1C. The first kappa shape index (κ1) is 22.3. The fraction of sp³-hybridized carbons (Fsp3) is 0.571. The number of sulfonamides is 1. The molecular weight excluding hydrogens is 406 g/mol. The van der Waals surface area contributed by atoms with Crippen LogP contribution in [0.4, 0.5) is 0 Å². The smallest absolute Gasteiger partial charge is 0.306 e. The first-order valence-electron chi connectivity index (χ1n) is 10.4. The van der Waals surface area contributed by atoms with Gasteiger partial charge in [-0.3, -0.25) is 19.3 Å². The van der Waals surface area contributed by atoms with Gasteiger partial charge in [0, 0.05) is 24.6 Å². The van der Waals surface area contributed by atoms with Gasteiger partial charge in [-0.2, -0.15) is 0 Å². The van der Waals surface area contributed by atoms with Crippen LogP contribution >= 0.6 is 0 Å². The normalized spacial score (nSPS) is 24.5. The number of amides is 1. The molecule has 9 heteroatoms. The summed E-state index contributed by atoms with van der Waals surface area (Å²) < 4.78 is 31.8. The quantitative estimate of drug-likeness (QED) is 0.503. The fourth-order valence-electron chi connectivity index (χ4n) is 3.81. The summed E-state index contributed by atoms with van der Waals surface area (Å²) >= 11 is 0. The number of carbonyl (C=O) groups excluding carboxylic acids is 2. The summed E-state index contributed by atoms with van der Waals surface area (Å²) in [6.07, 6.45) is 4.00. The number of hydrogen-bond donors (Lipinski definition) is 2. The van der Waals surface area contributed by atoms with Crippen LogP contribution < -0.4 is 10.0 Å². The Balaban J connectivity index is 1.43. The Morgan fingerprint density at radius 1 is 1.27 bits per heavy atom. The molecule has 0 unspecified atom stereocenters. The van der Waals surface area contributed by atoms with E-state index in [4.69, 9.17) is 4.74 Å². The topological polar surface area (TPSA) is 114 Å². The number of nitrogens with zero attached hydrogens (tertiary/aromatic N) is 1. The molecule has 164 valence electrons. The van der Waals surface area contributed by atoms with Crippen LogP contribution in [-0.4, -0.2) is 44.8 Å². The van der Waals surface area contributed by atoms with Gasteiger partial charge in [-0.25, -0.2) is 8.42 Å². The van der Waals surface area contributed by atoms with Crippen molar-refractivity contribution < 1.29 is 22.7 Å². The van der Waals surface area contributed by atoms with Crippen LogP contribution in [-0.2, 0) is 24.3 Å². The maximum Gasteiger partial charge on any atom is 0.306 e. The number of carbonyl (C=O) groups is 2. The molecule has 0 bridgehead atoms. The molecule has 0 saturated heterocycles. The molecule has 2 aliphatic rings. The summed E-state index contributed by atoms with van der Waals surface area (Å²) in [5.74, 6) is -0.0163. The second kappa shape index (κ2) is 9.59. The van der Waals surface area contributed by atoms with E-state index in [-0.39, 0.29) is 35.6 Å². The number of amidine groups is 1. The highest BCUT2D eigenvalue weighted by atomic mass is 32.2. The summed E-state index contributed by atoms with van der Waals surface area (Å²) in [4.78, 5) is 28.8. The van der Waals surface area contributed by atoms with Gasteiger partial charge in [0.25, 0.3) is 15.9 Å². The van der Waals surface area contributed by atoms with Crippen LogP contribution in [0.15, 0.2) is 34.2 Å². The molecule has 0 spiro atoms. The number of nitrogens with one attached hydrogen (secondary N) is 2. The number of fused-ring (bicyclic) bond motifs is 1. The zero-order valence-corrected chi connectivity index (χ0v) is 18.2. The van der Waals surface area contributed by atoms with Crippen molar-refractivity contribution in [1.29, 1.82) is 0 Å².